The van der Waals surface area contributed by atoms with E-state index >= 15 is 0 Å². The molecule has 1 aromatic carbocycles. The maximum absolute atomic E-state index is 12.1. The zero-order valence-corrected chi connectivity index (χ0v) is 11.2. The molecule has 5 nitrogen and oxygen atoms in total. The minimum atomic E-state index is -3.70. The standard InChI is InChI=1S/C10H15ClN2O3S/c1-7(14)6-13(2)17(15,16)10-4-3-8(12)5-9(10)11/h3-5,7,14H,6,12H2,1-2H3. The average molecular weight is 279 g/mol. The number of hydrogen-bond acceptors (Lipinski definition) is 4. The van der Waals surface area contributed by atoms with Gasteiger partial charge in [0.25, 0.3) is 0 Å². The van der Waals surface area contributed by atoms with Crippen molar-refractivity contribution < 1.29 is 13.5 Å². The molecule has 0 aromatic heterocycles. The van der Waals surface area contributed by atoms with Crippen molar-refractivity contribution in [1.82, 2.24) is 4.31 Å². The van der Waals surface area contributed by atoms with Crippen molar-refractivity contribution in [3.05, 3.63) is 23.2 Å². The number of hydrogen-bond donors (Lipinski definition) is 2. The summed E-state index contributed by atoms with van der Waals surface area (Å²) < 4.78 is 25.2. The van der Waals surface area contributed by atoms with Crippen LogP contribution in [-0.4, -0.2) is 37.5 Å². The maximum atomic E-state index is 12.1. The van der Waals surface area contributed by atoms with Gasteiger partial charge >= 0.3 is 0 Å². The third-order valence-corrected chi connectivity index (χ3v) is 4.47. The first-order valence-corrected chi connectivity index (χ1v) is 6.76. The third kappa shape index (κ3) is 3.32. The van der Waals surface area contributed by atoms with Gasteiger partial charge in [0, 0.05) is 19.3 Å². The smallest absolute Gasteiger partial charge is 0.244 e. The molecule has 0 saturated heterocycles. The molecule has 1 unspecified atom stereocenters. The van der Waals surface area contributed by atoms with Crippen LogP contribution in [0.1, 0.15) is 6.92 Å². The molecular weight excluding hydrogens is 264 g/mol. The number of nitrogens with zero attached hydrogens (tertiary/aromatic N) is 1. The van der Waals surface area contributed by atoms with Crippen LogP contribution in [0.25, 0.3) is 0 Å². The van der Waals surface area contributed by atoms with Gasteiger partial charge in [0.1, 0.15) is 4.90 Å². The monoisotopic (exact) mass is 278 g/mol. The summed E-state index contributed by atoms with van der Waals surface area (Å²) in [6.07, 6.45) is -0.748. The Labute approximate surface area is 106 Å². The van der Waals surface area contributed by atoms with Crippen LogP contribution >= 0.6 is 11.6 Å². The average Bonchev–Trinajstić information content (AvgIpc) is 2.15. The second kappa shape index (κ2) is 5.22. The topological polar surface area (TPSA) is 83.6 Å². The molecular formula is C10H15ClN2O3S. The van der Waals surface area contributed by atoms with Crippen LogP contribution in [-0.2, 0) is 10.0 Å². The highest BCUT2D eigenvalue weighted by atomic mass is 35.5. The van der Waals surface area contributed by atoms with Crippen LogP contribution in [0.5, 0.6) is 0 Å². The number of rotatable bonds is 4. The molecule has 1 aromatic rings. The Morgan fingerprint density at radius 1 is 1.53 bits per heavy atom. The fourth-order valence-electron chi connectivity index (χ4n) is 1.36. The van der Waals surface area contributed by atoms with Gasteiger partial charge in [-0.25, -0.2) is 8.42 Å². The molecule has 0 radical (unpaired) electrons. The molecule has 17 heavy (non-hydrogen) atoms. The van der Waals surface area contributed by atoms with Crippen molar-refractivity contribution in [3.8, 4) is 0 Å². The van der Waals surface area contributed by atoms with Crippen molar-refractivity contribution in [2.75, 3.05) is 19.3 Å². The lowest BCUT2D eigenvalue weighted by Gasteiger charge is -2.19. The van der Waals surface area contributed by atoms with Crippen molar-refractivity contribution in [2.24, 2.45) is 0 Å². The number of halogens is 1. The number of aliphatic hydroxyl groups is 1. The zero-order chi connectivity index (χ0) is 13.2. The summed E-state index contributed by atoms with van der Waals surface area (Å²) in [5.74, 6) is 0. The Hall–Kier alpha value is -0.820. The summed E-state index contributed by atoms with van der Waals surface area (Å²) in [5, 5.41) is 9.26. The van der Waals surface area contributed by atoms with Crippen LogP contribution in [0.4, 0.5) is 5.69 Å². The van der Waals surface area contributed by atoms with Gasteiger partial charge in [-0.1, -0.05) is 11.6 Å². The summed E-state index contributed by atoms with van der Waals surface area (Å²) in [4.78, 5) is -0.0171. The van der Waals surface area contributed by atoms with Gasteiger partial charge in [-0.05, 0) is 25.1 Å². The lowest BCUT2D eigenvalue weighted by molar-refractivity contribution is 0.171. The van der Waals surface area contributed by atoms with Gasteiger partial charge in [-0.3, -0.25) is 0 Å². The quantitative estimate of drug-likeness (QED) is 0.803. The Bertz CT molecular complexity index is 502. The normalized spacial score (nSPS) is 13.9. The molecule has 0 fully saturated rings. The van der Waals surface area contributed by atoms with Crippen molar-refractivity contribution in [1.29, 1.82) is 0 Å². The highest BCUT2D eigenvalue weighted by Gasteiger charge is 2.24. The highest BCUT2D eigenvalue weighted by Crippen LogP contribution is 2.25. The SMILES string of the molecule is CC(O)CN(C)S(=O)(=O)c1ccc(N)cc1Cl. The summed E-state index contributed by atoms with van der Waals surface area (Å²) in [6, 6.07) is 4.20. The zero-order valence-electron chi connectivity index (χ0n) is 9.59. The summed E-state index contributed by atoms with van der Waals surface area (Å²) in [5.41, 5.74) is 5.89. The minimum Gasteiger partial charge on any atom is -0.399 e. The lowest BCUT2D eigenvalue weighted by Crippen LogP contribution is -2.33. The van der Waals surface area contributed by atoms with Crippen molar-refractivity contribution in [2.45, 2.75) is 17.9 Å². The van der Waals surface area contributed by atoms with Crippen LogP contribution < -0.4 is 5.73 Å². The molecule has 96 valence electrons. The van der Waals surface area contributed by atoms with Crippen LogP contribution in [0.2, 0.25) is 5.02 Å². The van der Waals surface area contributed by atoms with E-state index in [0.29, 0.717) is 5.69 Å². The Morgan fingerprint density at radius 3 is 2.59 bits per heavy atom. The van der Waals surface area contributed by atoms with Crippen LogP contribution in [0, 0.1) is 0 Å². The largest absolute Gasteiger partial charge is 0.399 e. The molecule has 0 heterocycles. The predicted molar refractivity (Wildman–Crippen MR) is 67.4 cm³/mol. The fraction of sp³-hybridized carbons (Fsp3) is 0.400. The molecule has 0 saturated carbocycles. The van der Waals surface area contributed by atoms with E-state index in [4.69, 9.17) is 17.3 Å². The Balaban J connectivity index is 3.13. The minimum absolute atomic E-state index is 0.00301. The number of nitrogens with two attached hydrogens (primary N) is 1. The molecule has 1 atom stereocenters. The Morgan fingerprint density at radius 2 is 2.12 bits per heavy atom. The van der Waals surface area contributed by atoms with E-state index < -0.39 is 16.1 Å². The summed E-state index contributed by atoms with van der Waals surface area (Å²) in [7, 11) is -2.31. The van der Waals surface area contributed by atoms with E-state index in [9.17, 15) is 13.5 Å². The second-order valence-electron chi connectivity index (χ2n) is 3.82. The van der Waals surface area contributed by atoms with Gasteiger partial charge in [0.15, 0.2) is 0 Å². The third-order valence-electron chi connectivity index (χ3n) is 2.17. The van der Waals surface area contributed by atoms with Crippen LogP contribution in [0.15, 0.2) is 23.1 Å². The molecule has 0 aliphatic carbocycles. The molecule has 1 rings (SSSR count). The number of nitrogen functional groups attached to an aromatic ring is 1. The fourth-order valence-corrected chi connectivity index (χ4v) is 3.14. The molecule has 0 amide bonds. The summed E-state index contributed by atoms with van der Waals surface area (Å²) >= 11 is 5.85. The molecule has 0 aliphatic heterocycles. The first-order valence-electron chi connectivity index (χ1n) is 4.94. The molecule has 0 bridgehead atoms. The van der Waals surface area contributed by atoms with Crippen molar-refractivity contribution >= 4 is 27.3 Å². The van der Waals surface area contributed by atoms with Gasteiger partial charge in [0.05, 0.1) is 11.1 Å². The predicted octanol–water partition coefficient (Wildman–Crippen LogP) is 0.924. The first kappa shape index (κ1) is 14.2. The van der Waals surface area contributed by atoms with E-state index in [2.05, 4.69) is 0 Å². The maximum Gasteiger partial charge on any atom is 0.244 e. The highest BCUT2D eigenvalue weighted by molar-refractivity contribution is 7.89. The first-order chi connectivity index (χ1) is 7.75. The van der Waals surface area contributed by atoms with E-state index in [0.717, 1.165) is 4.31 Å². The molecule has 0 spiro atoms. The van der Waals surface area contributed by atoms with E-state index in [1.165, 1.54) is 32.2 Å². The Kier molecular flexibility index (Phi) is 4.37. The molecule has 7 heteroatoms. The number of sulfonamides is 1. The number of anilines is 1. The number of aliphatic hydroxyl groups excluding tert-OH is 1. The van der Waals surface area contributed by atoms with Gasteiger partial charge in [-0.15, -0.1) is 0 Å². The van der Waals surface area contributed by atoms with E-state index in [-0.39, 0.29) is 16.5 Å². The molecule has 0 aliphatic rings. The van der Waals surface area contributed by atoms with Crippen LogP contribution in [0.3, 0.4) is 0 Å². The molecule has 3 N–H and O–H groups in total. The summed E-state index contributed by atoms with van der Waals surface area (Å²) in [6.45, 7) is 1.51. The lowest BCUT2D eigenvalue weighted by atomic mass is 10.3. The van der Waals surface area contributed by atoms with Crippen molar-refractivity contribution in [3.63, 3.8) is 0 Å². The van der Waals surface area contributed by atoms with Gasteiger partial charge < -0.3 is 10.8 Å². The van der Waals surface area contributed by atoms with Gasteiger partial charge in [0.2, 0.25) is 10.0 Å². The second-order valence-corrected chi connectivity index (χ2v) is 6.24. The van der Waals surface area contributed by atoms with E-state index in [1.54, 1.807) is 0 Å². The number of likely N-dealkylation sites (N-methyl/N-ethyl adjacent to an activating group) is 1. The van der Waals surface area contributed by atoms with Gasteiger partial charge in [-0.2, -0.15) is 4.31 Å². The van der Waals surface area contributed by atoms with E-state index in [1.807, 2.05) is 0 Å². The number of benzene rings is 1.